The summed E-state index contributed by atoms with van der Waals surface area (Å²) < 4.78 is 7.12. The minimum absolute atomic E-state index is 0.595. The highest BCUT2D eigenvalue weighted by Gasteiger charge is 2.06. The van der Waals surface area contributed by atoms with Crippen molar-refractivity contribution in [2.75, 3.05) is 26.2 Å². The van der Waals surface area contributed by atoms with Gasteiger partial charge in [-0.1, -0.05) is 60.1 Å². The molecule has 2 rings (SSSR count). The maximum Gasteiger partial charge on any atom is 0.124 e. The minimum Gasteiger partial charge on any atom is -0.489 e. The molecule has 0 unspecified atom stereocenters. The average molecular weight is 405 g/mol. The molecule has 2 aromatic rings. The zero-order valence-corrected chi connectivity index (χ0v) is 16.9. The molecule has 0 amide bonds. The van der Waals surface area contributed by atoms with Gasteiger partial charge in [0.2, 0.25) is 0 Å². The molecule has 136 valence electrons. The minimum atomic E-state index is 0.595. The molecule has 0 heterocycles. The zero-order valence-electron chi connectivity index (χ0n) is 15.3. The molecule has 3 nitrogen and oxygen atoms in total. The predicted octanol–water partition coefficient (Wildman–Crippen LogP) is 4.85. The molecule has 2 aromatic carbocycles. The van der Waals surface area contributed by atoms with Crippen molar-refractivity contribution in [3.8, 4) is 5.75 Å². The second-order valence-corrected chi connectivity index (χ2v) is 7.00. The van der Waals surface area contributed by atoms with E-state index in [4.69, 9.17) is 4.74 Å². The predicted molar refractivity (Wildman–Crippen MR) is 109 cm³/mol. The van der Waals surface area contributed by atoms with Crippen molar-refractivity contribution in [3.63, 3.8) is 0 Å². The largest absolute Gasteiger partial charge is 0.489 e. The number of hydrogen-bond acceptors (Lipinski definition) is 3. The lowest BCUT2D eigenvalue weighted by Gasteiger charge is -2.18. The van der Waals surface area contributed by atoms with Crippen LogP contribution in [0.1, 0.15) is 31.4 Å². The summed E-state index contributed by atoms with van der Waals surface area (Å²) in [5.41, 5.74) is 2.37. The molecule has 0 saturated heterocycles. The van der Waals surface area contributed by atoms with Crippen LogP contribution < -0.4 is 10.1 Å². The highest BCUT2D eigenvalue weighted by atomic mass is 79.9. The number of halogens is 1. The van der Waals surface area contributed by atoms with Crippen molar-refractivity contribution in [3.05, 3.63) is 64.1 Å². The number of hydrogen-bond donors (Lipinski definition) is 1. The van der Waals surface area contributed by atoms with E-state index in [1.54, 1.807) is 0 Å². The number of benzene rings is 2. The quantitative estimate of drug-likeness (QED) is 0.541. The molecule has 0 aliphatic carbocycles. The van der Waals surface area contributed by atoms with Crippen LogP contribution in [0.25, 0.3) is 0 Å². The van der Waals surface area contributed by atoms with Crippen LogP contribution in [-0.2, 0) is 13.2 Å². The number of rotatable bonds is 11. The average Bonchev–Trinajstić information content (AvgIpc) is 2.65. The highest BCUT2D eigenvalue weighted by Crippen LogP contribution is 2.24. The van der Waals surface area contributed by atoms with Crippen LogP contribution in [0.4, 0.5) is 0 Å². The molecule has 0 saturated carbocycles. The first kappa shape index (κ1) is 20.0. The fourth-order valence-corrected chi connectivity index (χ4v) is 3.16. The smallest absolute Gasteiger partial charge is 0.124 e. The van der Waals surface area contributed by atoms with Crippen LogP contribution in [0.2, 0.25) is 0 Å². The Hall–Kier alpha value is -1.36. The van der Waals surface area contributed by atoms with Crippen molar-refractivity contribution >= 4 is 15.9 Å². The Morgan fingerprint density at radius 3 is 2.52 bits per heavy atom. The molecule has 1 N–H and O–H groups in total. The number of nitrogens with zero attached hydrogens (tertiary/aromatic N) is 1. The van der Waals surface area contributed by atoms with Gasteiger partial charge in [0.05, 0.1) is 0 Å². The van der Waals surface area contributed by atoms with E-state index in [0.717, 1.165) is 49.4 Å². The SMILES string of the molecule is CCN(CC)CCCNCc1cc(Br)ccc1OCc1ccccc1. The lowest BCUT2D eigenvalue weighted by molar-refractivity contribution is 0.295. The fourth-order valence-electron chi connectivity index (χ4n) is 2.75. The molecule has 0 aromatic heterocycles. The first-order chi connectivity index (χ1) is 12.2. The molecule has 0 spiro atoms. The molecule has 0 bridgehead atoms. The maximum atomic E-state index is 6.04. The summed E-state index contributed by atoms with van der Waals surface area (Å²) >= 11 is 3.56. The van der Waals surface area contributed by atoms with E-state index < -0.39 is 0 Å². The molecular formula is C21H29BrN2O. The molecular weight excluding hydrogens is 376 g/mol. The third-order valence-electron chi connectivity index (χ3n) is 4.30. The van der Waals surface area contributed by atoms with Crippen molar-refractivity contribution < 1.29 is 4.74 Å². The Balaban J connectivity index is 1.83. The normalized spacial score (nSPS) is 11.0. The van der Waals surface area contributed by atoms with Crippen LogP contribution >= 0.6 is 15.9 Å². The molecule has 0 fully saturated rings. The Labute approximate surface area is 160 Å². The molecule has 4 heteroatoms. The lowest BCUT2D eigenvalue weighted by atomic mass is 10.2. The summed E-state index contributed by atoms with van der Waals surface area (Å²) in [7, 11) is 0. The molecule has 0 radical (unpaired) electrons. The first-order valence-corrected chi connectivity index (χ1v) is 9.90. The van der Waals surface area contributed by atoms with Gasteiger partial charge in [0, 0.05) is 16.6 Å². The van der Waals surface area contributed by atoms with Crippen molar-refractivity contribution in [2.24, 2.45) is 0 Å². The standard InChI is InChI=1S/C21H29BrN2O/c1-3-24(4-2)14-8-13-23-16-19-15-20(22)11-12-21(19)25-17-18-9-6-5-7-10-18/h5-7,9-12,15,23H,3-4,8,13-14,16-17H2,1-2H3. The van der Waals surface area contributed by atoms with E-state index in [9.17, 15) is 0 Å². The second-order valence-electron chi connectivity index (χ2n) is 6.08. The summed E-state index contributed by atoms with van der Waals surface area (Å²) in [6.45, 7) is 10.3. The third-order valence-corrected chi connectivity index (χ3v) is 4.79. The third kappa shape index (κ3) is 7.18. The van der Waals surface area contributed by atoms with Crippen molar-refractivity contribution in [2.45, 2.75) is 33.4 Å². The van der Waals surface area contributed by atoms with E-state index in [1.807, 2.05) is 30.3 Å². The van der Waals surface area contributed by atoms with Crippen LogP contribution in [0.3, 0.4) is 0 Å². The number of ether oxygens (including phenoxy) is 1. The lowest BCUT2D eigenvalue weighted by Crippen LogP contribution is -2.27. The van der Waals surface area contributed by atoms with Gasteiger partial charge in [0.1, 0.15) is 12.4 Å². The van der Waals surface area contributed by atoms with Crippen molar-refractivity contribution in [1.29, 1.82) is 0 Å². The van der Waals surface area contributed by atoms with E-state index in [0.29, 0.717) is 6.61 Å². The van der Waals surface area contributed by atoms with E-state index in [2.05, 4.69) is 58.2 Å². The fraction of sp³-hybridized carbons (Fsp3) is 0.429. The van der Waals surface area contributed by atoms with Gasteiger partial charge < -0.3 is 15.0 Å². The van der Waals surface area contributed by atoms with Gasteiger partial charge in [0.15, 0.2) is 0 Å². The maximum absolute atomic E-state index is 6.04. The molecule has 0 aliphatic heterocycles. The molecule has 0 aliphatic rings. The Kier molecular flexibility index (Phi) is 9.02. The van der Waals surface area contributed by atoms with Gasteiger partial charge in [-0.15, -0.1) is 0 Å². The van der Waals surface area contributed by atoms with Gasteiger partial charge in [0.25, 0.3) is 0 Å². The second kappa shape index (κ2) is 11.3. The van der Waals surface area contributed by atoms with Crippen LogP contribution in [-0.4, -0.2) is 31.1 Å². The summed E-state index contributed by atoms with van der Waals surface area (Å²) in [4.78, 5) is 2.45. The Morgan fingerprint density at radius 2 is 1.80 bits per heavy atom. The van der Waals surface area contributed by atoms with Gasteiger partial charge in [-0.05, 0) is 56.4 Å². The summed E-state index contributed by atoms with van der Waals surface area (Å²) in [5, 5.41) is 3.54. The van der Waals surface area contributed by atoms with Crippen LogP contribution in [0, 0.1) is 0 Å². The Morgan fingerprint density at radius 1 is 1.04 bits per heavy atom. The van der Waals surface area contributed by atoms with Crippen molar-refractivity contribution in [1.82, 2.24) is 10.2 Å². The molecule has 25 heavy (non-hydrogen) atoms. The van der Waals surface area contributed by atoms with Gasteiger partial charge >= 0.3 is 0 Å². The first-order valence-electron chi connectivity index (χ1n) is 9.11. The van der Waals surface area contributed by atoms with E-state index in [1.165, 1.54) is 11.1 Å². The molecule has 0 atom stereocenters. The van der Waals surface area contributed by atoms with E-state index >= 15 is 0 Å². The van der Waals surface area contributed by atoms with Gasteiger partial charge in [-0.3, -0.25) is 0 Å². The van der Waals surface area contributed by atoms with Gasteiger partial charge in [-0.25, -0.2) is 0 Å². The highest BCUT2D eigenvalue weighted by molar-refractivity contribution is 9.10. The summed E-state index contributed by atoms with van der Waals surface area (Å²) in [6, 6.07) is 16.5. The number of nitrogens with one attached hydrogen (secondary N) is 1. The van der Waals surface area contributed by atoms with Gasteiger partial charge in [-0.2, -0.15) is 0 Å². The van der Waals surface area contributed by atoms with E-state index in [-0.39, 0.29) is 0 Å². The Bertz CT molecular complexity index is 615. The summed E-state index contributed by atoms with van der Waals surface area (Å²) in [6.07, 6.45) is 1.16. The van der Waals surface area contributed by atoms with Crippen LogP contribution in [0.15, 0.2) is 53.0 Å². The topological polar surface area (TPSA) is 24.5 Å². The monoisotopic (exact) mass is 404 g/mol. The zero-order chi connectivity index (χ0) is 17.9. The van der Waals surface area contributed by atoms with Crippen LogP contribution in [0.5, 0.6) is 5.75 Å². The summed E-state index contributed by atoms with van der Waals surface area (Å²) in [5.74, 6) is 0.947.